The topological polar surface area (TPSA) is 57.6 Å². The Morgan fingerprint density at radius 2 is 1.69 bits per heavy atom. The lowest BCUT2D eigenvalue weighted by molar-refractivity contribution is -0.150. The van der Waals surface area contributed by atoms with Crippen LogP contribution in [0.15, 0.2) is 0 Å². The van der Waals surface area contributed by atoms with Gasteiger partial charge in [0.05, 0.1) is 0 Å². The zero-order valence-corrected chi connectivity index (χ0v) is 10.7. The fourth-order valence-electron chi connectivity index (χ4n) is 1.61. The van der Waals surface area contributed by atoms with Crippen molar-refractivity contribution in [3.05, 3.63) is 0 Å². The molecular formula is C12H23NO3. The standard InChI is InChI=1S/C12H23NO3/c1-5-10(6-2)8-13(7-3)11(14)9(4)12(15)16/h9-10H,5-8H2,1-4H3,(H,15,16). The van der Waals surface area contributed by atoms with Crippen LogP contribution in [0.3, 0.4) is 0 Å². The van der Waals surface area contributed by atoms with Crippen LogP contribution in [0.25, 0.3) is 0 Å². The molecule has 4 nitrogen and oxygen atoms in total. The molecule has 0 bridgehead atoms. The fraction of sp³-hybridized carbons (Fsp3) is 0.833. The van der Waals surface area contributed by atoms with Crippen molar-refractivity contribution in [1.29, 1.82) is 0 Å². The van der Waals surface area contributed by atoms with Crippen LogP contribution in [-0.2, 0) is 9.59 Å². The van der Waals surface area contributed by atoms with E-state index in [2.05, 4.69) is 13.8 Å². The molecule has 1 atom stereocenters. The maximum atomic E-state index is 11.8. The molecule has 1 unspecified atom stereocenters. The van der Waals surface area contributed by atoms with Crippen molar-refractivity contribution in [2.75, 3.05) is 13.1 Å². The van der Waals surface area contributed by atoms with Crippen LogP contribution in [-0.4, -0.2) is 35.0 Å². The molecule has 0 rings (SSSR count). The molecule has 4 heteroatoms. The molecule has 0 heterocycles. The van der Waals surface area contributed by atoms with Crippen molar-refractivity contribution in [1.82, 2.24) is 4.90 Å². The largest absolute Gasteiger partial charge is 0.481 e. The van der Waals surface area contributed by atoms with E-state index in [1.54, 1.807) is 4.90 Å². The molecule has 0 aliphatic carbocycles. The van der Waals surface area contributed by atoms with E-state index in [1.807, 2.05) is 6.92 Å². The Balaban J connectivity index is 4.48. The lowest BCUT2D eigenvalue weighted by atomic mass is 10.0. The van der Waals surface area contributed by atoms with Gasteiger partial charge in [-0.2, -0.15) is 0 Å². The summed E-state index contributed by atoms with van der Waals surface area (Å²) in [5.74, 6) is -1.80. The second-order valence-corrected chi connectivity index (χ2v) is 4.12. The first kappa shape index (κ1) is 14.9. The second-order valence-electron chi connectivity index (χ2n) is 4.12. The summed E-state index contributed by atoms with van der Waals surface area (Å²) >= 11 is 0. The van der Waals surface area contributed by atoms with Crippen molar-refractivity contribution >= 4 is 11.9 Å². The molecule has 0 saturated carbocycles. The van der Waals surface area contributed by atoms with Gasteiger partial charge in [0.1, 0.15) is 5.92 Å². The molecular weight excluding hydrogens is 206 g/mol. The minimum atomic E-state index is -1.05. The minimum Gasteiger partial charge on any atom is -0.481 e. The van der Waals surface area contributed by atoms with Gasteiger partial charge < -0.3 is 10.0 Å². The second kappa shape index (κ2) is 7.25. The van der Waals surface area contributed by atoms with Gasteiger partial charge in [-0.3, -0.25) is 9.59 Å². The Bertz CT molecular complexity index is 236. The number of carboxylic acids is 1. The number of carbonyl (C=O) groups excluding carboxylic acids is 1. The first-order valence-electron chi connectivity index (χ1n) is 5.99. The Labute approximate surface area is 97.6 Å². The van der Waals surface area contributed by atoms with Gasteiger partial charge >= 0.3 is 5.97 Å². The zero-order chi connectivity index (χ0) is 12.7. The summed E-state index contributed by atoms with van der Waals surface area (Å²) < 4.78 is 0. The summed E-state index contributed by atoms with van der Waals surface area (Å²) in [4.78, 5) is 24.2. The third-order valence-electron chi connectivity index (χ3n) is 3.07. The maximum absolute atomic E-state index is 11.8. The Kier molecular flexibility index (Phi) is 6.77. The van der Waals surface area contributed by atoms with E-state index in [0.29, 0.717) is 19.0 Å². The van der Waals surface area contributed by atoms with Crippen LogP contribution in [0.4, 0.5) is 0 Å². The molecule has 0 spiro atoms. The summed E-state index contributed by atoms with van der Waals surface area (Å²) in [6, 6.07) is 0. The maximum Gasteiger partial charge on any atom is 0.315 e. The summed E-state index contributed by atoms with van der Waals surface area (Å²) in [7, 11) is 0. The molecule has 1 N–H and O–H groups in total. The van der Waals surface area contributed by atoms with Crippen molar-refractivity contribution in [3.8, 4) is 0 Å². The molecule has 94 valence electrons. The summed E-state index contributed by atoms with van der Waals surface area (Å²) in [5, 5.41) is 8.80. The fourth-order valence-corrected chi connectivity index (χ4v) is 1.61. The molecule has 0 fully saturated rings. The molecule has 1 amide bonds. The highest BCUT2D eigenvalue weighted by atomic mass is 16.4. The molecule has 16 heavy (non-hydrogen) atoms. The van der Waals surface area contributed by atoms with Gasteiger partial charge in [0.25, 0.3) is 0 Å². The number of hydrogen-bond acceptors (Lipinski definition) is 2. The molecule has 0 aromatic carbocycles. The van der Waals surface area contributed by atoms with E-state index in [0.717, 1.165) is 12.8 Å². The Morgan fingerprint density at radius 3 is 2.00 bits per heavy atom. The van der Waals surface area contributed by atoms with E-state index < -0.39 is 11.9 Å². The Hall–Kier alpha value is -1.06. The SMILES string of the molecule is CCC(CC)CN(CC)C(=O)C(C)C(=O)O. The van der Waals surface area contributed by atoms with Gasteiger partial charge in [-0.05, 0) is 19.8 Å². The lowest BCUT2D eigenvalue weighted by Crippen LogP contribution is -2.40. The monoisotopic (exact) mass is 229 g/mol. The van der Waals surface area contributed by atoms with Gasteiger partial charge in [-0.1, -0.05) is 26.7 Å². The van der Waals surface area contributed by atoms with Crippen molar-refractivity contribution in [3.63, 3.8) is 0 Å². The van der Waals surface area contributed by atoms with Crippen molar-refractivity contribution < 1.29 is 14.7 Å². The van der Waals surface area contributed by atoms with Gasteiger partial charge in [0.15, 0.2) is 0 Å². The molecule has 0 aromatic heterocycles. The average molecular weight is 229 g/mol. The molecule has 0 aromatic rings. The summed E-state index contributed by atoms with van der Waals surface area (Å²) in [5.41, 5.74) is 0. The first-order chi connectivity index (χ1) is 7.47. The van der Waals surface area contributed by atoms with E-state index in [-0.39, 0.29) is 5.91 Å². The summed E-state index contributed by atoms with van der Waals surface area (Å²) in [6.45, 7) is 8.75. The van der Waals surface area contributed by atoms with Gasteiger partial charge in [-0.25, -0.2) is 0 Å². The number of hydrogen-bond donors (Lipinski definition) is 1. The predicted octanol–water partition coefficient (Wildman–Crippen LogP) is 1.99. The third kappa shape index (κ3) is 4.21. The van der Waals surface area contributed by atoms with Crippen LogP contribution in [0.5, 0.6) is 0 Å². The number of aliphatic carboxylic acids is 1. The van der Waals surface area contributed by atoms with Gasteiger partial charge in [0.2, 0.25) is 5.91 Å². The smallest absolute Gasteiger partial charge is 0.315 e. The van der Waals surface area contributed by atoms with Gasteiger partial charge in [-0.15, -0.1) is 0 Å². The molecule has 0 radical (unpaired) electrons. The van der Waals surface area contributed by atoms with Crippen LogP contribution in [0.2, 0.25) is 0 Å². The van der Waals surface area contributed by atoms with Crippen LogP contribution >= 0.6 is 0 Å². The van der Waals surface area contributed by atoms with E-state index >= 15 is 0 Å². The number of amides is 1. The third-order valence-corrected chi connectivity index (χ3v) is 3.07. The lowest BCUT2D eigenvalue weighted by Gasteiger charge is -2.26. The molecule has 0 aliphatic heterocycles. The van der Waals surface area contributed by atoms with E-state index in [1.165, 1.54) is 6.92 Å². The highest BCUT2D eigenvalue weighted by Gasteiger charge is 2.26. The average Bonchev–Trinajstić information content (AvgIpc) is 2.29. The Morgan fingerprint density at radius 1 is 1.19 bits per heavy atom. The number of carboxylic acid groups (broad SMARTS) is 1. The normalized spacial score (nSPS) is 12.6. The number of carbonyl (C=O) groups is 2. The summed E-state index contributed by atoms with van der Waals surface area (Å²) in [6.07, 6.45) is 2.03. The van der Waals surface area contributed by atoms with E-state index in [9.17, 15) is 9.59 Å². The quantitative estimate of drug-likeness (QED) is 0.679. The van der Waals surface area contributed by atoms with Crippen LogP contribution in [0.1, 0.15) is 40.5 Å². The van der Waals surface area contributed by atoms with Crippen molar-refractivity contribution in [2.45, 2.75) is 40.5 Å². The zero-order valence-electron chi connectivity index (χ0n) is 10.7. The predicted molar refractivity (Wildman–Crippen MR) is 63.1 cm³/mol. The van der Waals surface area contributed by atoms with Crippen LogP contribution < -0.4 is 0 Å². The highest BCUT2D eigenvalue weighted by molar-refractivity contribution is 5.96. The van der Waals surface area contributed by atoms with Crippen molar-refractivity contribution in [2.24, 2.45) is 11.8 Å². The van der Waals surface area contributed by atoms with E-state index in [4.69, 9.17) is 5.11 Å². The number of nitrogens with zero attached hydrogens (tertiary/aromatic N) is 1. The number of rotatable bonds is 7. The highest BCUT2D eigenvalue weighted by Crippen LogP contribution is 2.12. The minimum absolute atomic E-state index is 0.276. The molecule has 0 saturated heterocycles. The van der Waals surface area contributed by atoms with Gasteiger partial charge in [0, 0.05) is 13.1 Å². The first-order valence-corrected chi connectivity index (χ1v) is 5.99. The molecule has 0 aliphatic rings. The van der Waals surface area contributed by atoms with Crippen LogP contribution in [0, 0.1) is 11.8 Å².